The van der Waals surface area contributed by atoms with Crippen LogP contribution in [0.25, 0.3) is 22.5 Å². The SMILES string of the molecule is Nc1cc(-c2ccccc2-c2nnn[nH]2)ccc1N(C1CC1)C1CC1. The molecular formula is C19H20N6. The molecule has 0 amide bonds. The summed E-state index contributed by atoms with van der Waals surface area (Å²) in [5.41, 5.74) is 11.6. The van der Waals surface area contributed by atoms with Crippen LogP contribution in [0.15, 0.2) is 42.5 Å². The zero-order valence-electron chi connectivity index (χ0n) is 13.9. The van der Waals surface area contributed by atoms with Crippen LogP contribution in [0.3, 0.4) is 0 Å². The van der Waals surface area contributed by atoms with Gasteiger partial charge >= 0.3 is 0 Å². The Morgan fingerprint density at radius 2 is 1.68 bits per heavy atom. The monoisotopic (exact) mass is 332 g/mol. The van der Waals surface area contributed by atoms with Crippen LogP contribution in [0.5, 0.6) is 0 Å². The maximum absolute atomic E-state index is 6.47. The number of tetrazole rings is 1. The number of aromatic amines is 1. The summed E-state index contributed by atoms with van der Waals surface area (Å²) >= 11 is 0. The fourth-order valence-corrected chi connectivity index (χ4v) is 3.57. The van der Waals surface area contributed by atoms with Gasteiger partial charge in [0.05, 0.1) is 11.4 Å². The molecule has 0 unspecified atom stereocenters. The zero-order chi connectivity index (χ0) is 16.8. The van der Waals surface area contributed by atoms with Crippen molar-refractivity contribution in [2.45, 2.75) is 37.8 Å². The highest BCUT2D eigenvalue weighted by atomic mass is 15.5. The van der Waals surface area contributed by atoms with Gasteiger partial charge in [-0.05, 0) is 59.4 Å². The first-order valence-corrected chi connectivity index (χ1v) is 8.82. The van der Waals surface area contributed by atoms with Gasteiger partial charge in [-0.15, -0.1) is 5.10 Å². The van der Waals surface area contributed by atoms with E-state index in [4.69, 9.17) is 5.73 Å². The number of benzene rings is 2. The van der Waals surface area contributed by atoms with Crippen molar-refractivity contribution in [2.75, 3.05) is 10.6 Å². The summed E-state index contributed by atoms with van der Waals surface area (Å²) in [4.78, 5) is 2.55. The highest BCUT2D eigenvalue weighted by molar-refractivity contribution is 5.84. The first kappa shape index (κ1) is 14.5. The van der Waals surface area contributed by atoms with Crippen LogP contribution in [0, 0.1) is 0 Å². The predicted molar refractivity (Wildman–Crippen MR) is 98.0 cm³/mol. The minimum absolute atomic E-state index is 0.663. The Kier molecular flexibility index (Phi) is 3.23. The number of H-pyrrole nitrogens is 1. The van der Waals surface area contributed by atoms with E-state index in [-0.39, 0.29) is 0 Å². The number of rotatable bonds is 5. The van der Waals surface area contributed by atoms with Gasteiger partial charge in [0.15, 0.2) is 5.82 Å². The van der Waals surface area contributed by atoms with Crippen LogP contribution >= 0.6 is 0 Å². The molecule has 3 N–H and O–H groups in total. The Morgan fingerprint density at radius 1 is 0.960 bits per heavy atom. The van der Waals surface area contributed by atoms with Gasteiger partial charge in [0.2, 0.25) is 0 Å². The molecule has 126 valence electrons. The smallest absolute Gasteiger partial charge is 0.180 e. The minimum atomic E-state index is 0.663. The van der Waals surface area contributed by atoms with E-state index in [1.807, 2.05) is 18.2 Å². The number of nitrogens with two attached hydrogens (primary N) is 1. The van der Waals surface area contributed by atoms with Crippen molar-refractivity contribution in [1.29, 1.82) is 0 Å². The molecule has 0 radical (unpaired) electrons. The maximum atomic E-state index is 6.47. The van der Waals surface area contributed by atoms with Crippen molar-refractivity contribution >= 4 is 11.4 Å². The van der Waals surface area contributed by atoms with E-state index in [0.29, 0.717) is 17.9 Å². The molecule has 6 nitrogen and oxygen atoms in total. The summed E-state index contributed by atoms with van der Waals surface area (Å²) in [5, 5.41) is 14.3. The van der Waals surface area contributed by atoms with Crippen LogP contribution < -0.4 is 10.6 Å². The second kappa shape index (κ2) is 5.58. The van der Waals surface area contributed by atoms with Crippen LogP contribution in [0.2, 0.25) is 0 Å². The van der Waals surface area contributed by atoms with Gasteiger partial charge in [-0.3, -0.25) is 0 Å². The quantitative estimate of drug-likeness (QED) is 0.701. The van der Waals surface area contributed by atoms with Gasteiger partial charge < -0.3 is 10.6 Å². The normalized spacial score (nSPS) is 16.8. The molecule has 1 aromatic heterocycles. The Hall–Kier alpha value is -2.89. The molecule has 2 saturated carbocycles. The number of hydrogen-bond acceptors (Lipinski definition) is 5. The van der Waals surface area contributed by atoms with E-state index in [0.717, 1.165) is 22.4 Å². The van der Waals surface area contributed by atoms with Crippen molar-refractivity contribution in [3.05, 3.63) is 42.5 Å². The molecule has 2 aromatic carbocycles. The average Bonchev–Trinajstić information content (AvgIpc) is 3.58. The third-order valence-electron chi connectivity index (χ3n) is 5.02. The molecule has 25 heavy (non-hydrogen) atoms. The lowest BCUT2D eigenvalue weighted by atomic mass is 9.98. The summed E-state index contributed by atoms with van der Waals surface area (Å²) in [6.07, 6.45) is 5.16. The molecule has 0 aliphatic heterocycles. The molecule has 3 aromatic rings. The first-order chi connectivity index (χ1) is 12.3. The topological polar surface area (TPSA) is 83.7 Å². The van der Waals surface area contributed by atoms with Crippen molar-refractivity contribution in [1.82, 2.24) is 20.6 Å². The minimum Gasteiger partial charge on any atom is -0.397 e. The molecule has 0 atom stereocenters. The fourth-order valence-electron chi connectivity index (χ4n) is 3.57. The lowest BCUT2D eigenvalue weighted by Crippen LogP contribution is -2.28. The number of nitrogens with zero attached hydrogens (tertiary/aromatic N) is 4. The van der Waals surface area contributed by atoms with E-state index < -0.39 is 0 Å². The molecular weight excluding hydrogens is 312 g/mol. The lowest BCUT2D eigenvalue weighted by molar-refractivity contribution is 0.791. The summed E-state index contributed by atoms with van der Waals surface area (Å²) in [6, 6.07) is 15.9. The van der Waals surface area contributed by atoms with Gasteiger partial charge in [-0.25, -0.2) is 5.10 Å². The number of anilines is 2. The van der Waals surface area contributed by atoms with Crippen molar-refractivity contribution in [2.24, 2.45) is 0 Å². The Labute approximate surface area is 146 Å². The standard InChI is InChI=1S/C19H20N6/c20-17-11-12(5-10-18(17)25(13-6-7-13)14-8-9-14)15-3-1-2-4-16(15)19-21-23-24-22-19/h1-5,10-11,13-14H,6-9,20H2,(H,21,22,23,24). The summed E-state index contributed by atoms with van der Waals surface area (Å²) in [6.45, 7) is 0. The van der Waals surface area contributed by atoms with Crippen molar-refractivity contribution < 1.29 is 0 Å². The largest absolute Gasteiger partial charge is 0.397 e. The van der Waals surface area contributed by atoms with Crippen molar-refractivity contribution in [3.63, 3.8) is 0 Å². The van der Waals surface area contributed by atoms with E-state index in [1.165, 1.54) is 31.4 Å². The van der Waals surface area contributed by atoms with E-state index >= 15 is 0 Å². The maximum Gasteiger partial charge on any atom is 0.180 e. The third kappa shape index (κ3) is 2.63. The summed E-state index contributed by atoms with van der Waals surface area (Å²) < 4.78 is 0. The number of hydrogen-bond donors (Lipinski definition) is 2. The third-order valence-corrected chi connectivity index (χ3v) is 5.02. The van der Waals surface area contributed by atoms with Gasteiger partial charge in [0.25, 0.3) is 0 Å². The molecule has 0 saturated heterocycles. The molecule has 0 bridgehead atoms. The Morgan fingerprint density at radius 3 is 2.28 bits per heavy atom. The van der Waals surface area contributed by atoms with Gasteiger partial charge in [-0.1, -0.05) is 30.3 Å². The molecule has 2 fully saturated rings. The van der Waals surface area contributed by atoms with Crippen molar-refractivity contribution in [3.8, 4) is 22.5 Å². The molecule has 5 rings (SSSR count). The second-order valence-electron chi connectivity index (χ2n) is 6.94. The Balaban J connectivity index is 1.55. The molecule has 1 heterocycles. The highest BCUT2D eigenvalue weighted by Crippen LogP contribution is 2.44. The van der Waals surface area contributed by atoms with Gasteiger partial charge in [-0.2, -0.15) is 0 Å². The number of aromatic nitrogens is 4. The van der Waals surface area contributed by atoms with Crippen LogP contribution in [-0.2, 0) is 0 Å². The second-order valence-corrected chi connectivity index (χ2v) is 6.94. The first-order valence-electron chi connectivity index (χ1n) is 8.82. The highest BCUT2D eigenvalue weighted by Gasteiger charge is 2.39. The lowest BCUT2D eigenvalue weighted by Gasteiger charge is -2.26. The van der Waals surface area contributed by atoms with E-state index in [1.54, 1.807) is 0 Å². The molecule has 6 heteroatoms. The number of nitrogen functional groups attached to an aromatic ring is 1. The molecule has 2 aliphatic rings. The van der Waals surface area contributed by atoms with E-state index in [2.05, 4.69) is 49.8 Å². The summed E-state index contributed by atoms with van der Waals surface area (Å²) in [7, 11) is 0. The van der Waals surface area contributed by atoms with Crippen LogP contribution in [0.4, 0.5) is 11.4 Å². The average molecular weight is 332 g/mol. The molecule has 2 aliphatic carbocycles. The number of nitrogens with one attached hydrogen (secondary N) is 1. The van der Waals surface area contributed by atoms with Crippen LogP contribution in [0.1, 0.15) is 25.7 Å². The fraction of sp³-hybridized carbons (Fsp3) is 0.316. The zero-order valence-corrected chi connectivity index (χ0v) is 13.9. The molecule has 0 spiro atoms. The van der Waals surface area contributed by atoms with Gasteiger partial charge in [0.1, 0.15) is 0 Å². The van der Waals surface area contributed by atoms with E-state index in [9.17, 15) is 0 Å². The van der Waals surface area contributed by atoms with Gasteiger partial charge in [0, 0.05) is 17.6 Å². The summed E-state index contributed by atoms with van der Waals surface area (Å²) in [5.74, 6) is 0.663. The Bertz CT molecular complexity index is 884. The van der Waals surface area contributed by atoms with Crippen LogP contribution in [-0.4, -0.2) is 32.7 Å². The predicted octanol–water partition coefficient (Wildman–Crippen LogP) is 3.25.